The van der Waals surface area contributed by atoms with E-state index < -0.39 is 12.5 Å². The number of hydrogen-bond donors (Lipinski definition) is 4. The maximum absolute atomic E-state index is 8.03. The first-order chi connectivity index (χ1) is 2.64. The molecule has 0 spiro atoms. The zero-order chi connectivity index (χ0) is 5.15. The van der Waals surface area contributed by atoms with Crippen LogP contribution >= 0.6 is 24.8 Å². The van der Waals surface area contributed by atoms with Gasteiger partial charge in [-0.3, -0.25) is 0 Å². The molecule has 2 atom stereocenters. The minimum absolute atomic E-state index is 0. The second-order valence-corrected chi connectivity index (χ2v) is 0.981. The van der Waals surface area contributed by atoms with E-state index in [-0.39, 0.29) is 24.8 Å². The second-order valence-electron chi connectivity index (χ2n) is 0.981. The lowest BCUT2D eigenvalue weighted by Crippen LogP contribution is -2.40. The molecule has 0 aliphatic rings. The number of halogens is 2. The second kappa shape index (κ2) is 7.42. The lowest BCUT2D eigenvalue weighted by Gasteiger charge is -2.04. The average Bonchev–Trinajstić information content (AvgIpc) is 1.36. The van der Waals surface area contributed by atoms with Crippen LogP contribution in [0.3, 0.4) is 0 Å². The number of nitrogens with two attached hydrogens (primary N) is 2. The molecule has 0 aliphatic heterocycles. The first kappa shape index (κ1) is 15.8. The quantitative estimate of drug-likeness (QED) is 0.351. The van der Waals surface area contributed by atoms with Gasteiger partial charge < -0.3 is 21.7 Å². The molecule has 0 bridgehead atoms. The van der Waals surface area contributed by atoms with E-state index in [1.54, 1.807) is 0 Å². The maximum Gasteiger partial charge on any atom is 0.141 e. The van der Waals surface area contributed by atoms with Crippen molar-refractivity contribution in [2.24, 2.45) is 11.5 Å². The Labute approximate surface area is 59.7 Å². The van der Waals surface area contributed by atoms with Crippen molar-refractivity contribution in [2.75, 3.05) is 0 Å². The predicted molar refractivity (Wildman–Crippen MR) is 34.9 cm³/mol. The predicted octanol–water partition coefficient (Wildman–Crippen LogP) is -1.62. The van der Waals surface area contributed by atoms with Gasteiger partial charge in [-0.05, 0) is 0 Å². The van der Waals surface area contributed by atoms with Crippen molar-refractivity contribution in [2.45, 2.75) is 12.5 Å². The highest BCUT2D eigenvalue weighted by Gasteiger charge is 2.00. The van der Waals surface area contributed by atoms with Gasteiger partial charge in [0.05, 0.1) is 0 Å². The molecule has 0 saturated heterocycles. The van der Waals surface area contributed by atoms with Crippen LogP contribution in [0, 0.1) is 0 Å². The van der Waals surface area contributed by atoms with E-state index in [0.29, 0.717) is 0 Å². The van der Waals surface area contributed by atoms with Crippen LogP contribution in [-0.2, 0) is 0 Å². The maximum atomic E-state index is 8.03. The van der Waals surface area contributed by atoms with E-state index in [2.05, 4.69) is 11.5 Å². The van der Waals surface area contributed by atoms with Crippen molar-refractivity contribution in [1.29, 1.82) is 0 Å². The number of rotatable bonds is 1. The lowest BCUT2D eigenvalue weighted by atomic mass is 10.5. The number of aliphatic hydroxyl groups is 2. The molecule has 0 heterocycles. The fourth-order valence-corrected chi connectivity index (χ4v) is 0. The molecule has 0 aromatic rings. The van der Waals surface area contributed by atoms with Crippen LogP contribution in [0.15, 0.2) is 0 Å². The van der Waals surface area contributed by atoms with Crippen LogP contribution in [-0.4, -0.2) is 22.7 Å². The summed E-state index contributed by atoms with van der Waals surface area (Å²) in [5.74, 6) is 0. The van der Waals surface area contributed by atoms with Crippen LogP contribution in [0.25, 0.3) is 0 Å². The zero-order valence-corrected chi connectivity index (χ0v) is 5.65. The van der Waals surface area contributed by atoms with Gasteiger partial charge in [0.2, 0.25) is 0 Å². The van der Waals surface area contributed by atoms with Gasteiger partial charge in [0, 0.05) is 0 Å². The third-order valence-electron chi connectivity index (χ3n) is 0.350. The molecule has 0 saturated carbocycles. The van der Waals surface area contributed by atoms with Crippen LogP contribution in [0.4, 0.5) is 0 Å². The largest absolute Gasteiger partial charge is 0.375 e. The van der Waals surface area contributed by atoms with Crippen LogP contribution in [0.5, 0.6) is 0 Å². The molecule has 0 aromatic carbocycles. The van der Waals surface area contributed by atoms with Crippen LogP contribution in [0.2, 0.25) is 0 Å². The molecule has 0 fully saturated rings. The van der Waals surface area contributed by atoms with Gasteiger partial charge in [0.25, 0.3) is 0 Å². The Morgan fingerprint density at radius 1 is 0.875 bits per heavy atom. The molecular formula is C2H10Cl2N2O2. The highest BCUT2D eigenvalue weighted by atomic mass is 35.5. The monoisotopic (exact) mass is 164 g/mol. The third kappa shape index (κ3) is 9.65. The molecule has 4 nitrogen and oxygen atoms in total. The van der Waals surface area contributed by atoms with E-state index >= 15 is 0 Å². The first-order valence-electron chi connectivity index (χ1n) is 1.52. The summed E-state index contributed by atoms with van der Waals surface area (Å²) >= 11 is 0. The smallest absolute Gasteiger partial charge is 0.141 e. The highest BCUT2D eigenvalue weighted by molar-refractivity contribution is 5.85. The Balaban J connectivity index is -0.000000125. The Bertz CT molecular complexity index is 37.0. The SMILES string of the molecule is Cl.Cl.NC(O)C(N)O. The van der Waals surface area contributed by atoms with E-state index in [4.69, 9.17) is 10.2 Å². The fourth-order valence-electron chi connectivity index (χ4n) is 0. The summed E-state index contributed by atoms with van der Waals surface area (Å²) in [5, 5.41) is 16.1. The van der Waals surface area contributed by atoms with Gasteiger partial charge in [0.1, 0.15) is 12.5 Å². The molecule has 0 aromatic heterocycles. The van der Waals surface area contributed by atoms with Crippen molar-refractivity contribution < 1.29 is 10.2 Å². The molecule has 54 valence electrons. The first-order valence-corrected chi connectivity index (χ1v) is 1.52. The van der Waals surface area contributed by atoms with Crippen molar-refractivity contribution in [3.63, 3.8) is 0 Å². The zero-order valence-electron chi connectivity index (χ0n) is 4.02. The molecule has 0 radical (unpaired) electrons. The van der Waals surface area contributed by atoms with Gasteiger partial charge in [-0.1, -0.05) is 0 Å². The molecule has 0 amide bonds. The van der Waals surface area contributed by atoms with Gasteiger partial charge in [-0.2, -0.15) is 0 Å². The summed E-state index contributed by atoms with van der Waals surface area (Å²) in [6.07, 6.45) is -2.63. The molecule has 2 unspecified atom stereocenters. The third-order valence-corrected chi connectivity index (χ3v) is 0.350. The Hall–Kier alpha value is 0.420. The van der Waals surface area contributed by atoms with Gasteiger partial charge in [0.15, 0.2) is 0 Å². The van der Waals surface area contributed by atoms with Crippen LogP contribution < -0.4 is 11.5 Å². The summed E-state index contributed by atoms with van der Waals surface area (Å²) in [4.78, 5) is 0. The highest BCUT2D eigenvalue weighted by Crippen LogP contribution is 1.68. The van der Waals surface area contributed by atoms with E-state index in [9.17, 15) is 0 Å². The van der Waals surface area contributed by atoms with Crippen LogP contribution in [0.1, 0.15) is 0 Å². The summed E-state index contributed by atoms with van der Waals surface area (Å²) in [5.41, 5.74) is 9.23. The normalized spacial score (nSPS) is 15.0. The minimum Gasteiger partial charge on any atom is -0.375 e. The summed E-state index contributed by atoms with van der Waals surface area (Å²) in [7, 11) is 0. The molecule has 0 rings (SSSR count). The van der Waals surface area contributed by atoms with Gasteiger partial charge in [-0.15, -0.1) is 24.8 Å². The Morgan fingerprint density at radius 3 is 1.00 bits per heavy atom. The van der Waals surface area contributed by atoms with Crippen molar-refractivity contribution in [3.05, 3.63) is 0 Å². The van der Waals surface area contributed by atoms with E-state index in [1.165, 1.54) is 0 Å². The van der Waals surface area contributed by atoms with E-state index in [1.807, 2.05) is 0 Å². The molecule has 6 heteroatoms. The topological polar surface area (TPSA) is 92.5 Å². The molecular weight excluding hydrogens is 155 g/mol. The Kier molecular flexibility index (Phi) is 14.6. The lowest BCUT2D eigenvalue weighted by molar-refractivity contribution is 0.0281. The van der Waals surface area contributed by atoms with E-state index in [0.717, 1.165) is 0 Å². The Morgan fingerprint density at radius 2 is 1.00 bits per heavy atom. The number of hydrogen-bond acceptors (Lipinski definition) is 4. The average molecular weight is 165 g/mol. The molecule has 8 heavy (non-hydrogen) atoms. The summed E-state index contributed by atoms with van der Waals surface area (Å²) < 4.78 is 0. The van der Waals surface area contributed by atoms with Crippen molar-refractivity contribution in [1.82, 2.24) is 0 Å². The fraction of sp³-hybridized carbons (Fsp3) is 1.00. The molecule has 6 N–H and O–H groups in total. The van der Waals surface area contributed by atoms with Gasteiger partial charge >= 0.3 is 0 Å². The number of aliphatic hydroxyl groups excluding tert-OH is 2. The van der Waals surface area contributed by atoms with Crippen molar-refractivity contribution in [3.8, 4) is 0 Å². The van der Waals surface area contributed by atoms with Crippen molar-refractivity contribution >= 4 is 24.8 Å². The summed E-state index contributed by atoms with van der Waals surface area (Å²) in [6, 6.07) is 0. The standard InChI is InChI=1S/C2H8N2O2.2ClH/c3-1(5)2(4)6;;/h1-2,5-6H,3-4H2;2*1H. The summed E-state index contributed by atoms with van der Waals surface area (Å²) in [6.45, 7) is 0. The van der Waals surface area contributed by atoms with Gasteiger partial charge in [-0.25, -0.2) is 0 Å². The molecule has 0 aliphatic carbocycles. The minimum atomic E-state index is -1.31.